The predicted molar refractivity (Wildman–Crippen MR) is 103 cm³/mol. The van der Waals surface area contributed by atoms with E-state index in [2.05, 4.69) is 28.6 Å². The summed E-state index contributed by atoms with van der Waals surface area (Å²) < 4.78 is 0. The zero-order valence-corrected chi connectivity index (χ0v) is 15.8. The highest BCUT2D eigenvalue weighted by atomic mass is 32.1. The molecule has 138 valence electrons. The van der Waals surface area contributed by atoms with Crippen LogP contribution in [0.1, 0.15) is 58.9 Å². The lowest BCUT2D eigenvalue weighted by Crippen LogP contribution is -2.48. The minimum atomic E-state index is -0.611. The molecule has 6 heteroatoms. The molecular formula is C20H25N3O2S. The van der Waals surface area contributed by atoms with Crippen LogP contribution >= 0.6 is 11.3 Å². The molecule has 2 aliphatic rings. The second-order valence-electron chi connectivity index (χ2n) is 7.27. The number of carbonyl (C=O) groups is 1. The van der Waals surface area contributed by atoms with Crippen LogP contribution in [0, 0.1) is 0 Å². The second-order valence-corrected chi connectivity index (χ2v) is 8.21. The molecule has 0 saturated carbocycles. The number of amides is 1. The van der Waals surface area contributed by atoms with E-state index in [-0.39, 0.29) is 17.4 Å². The van der Waals surface area contributed by atoms with Crippen LogP contribution in [0.2, 0.25) is 0 Å². The van der Waals surface area contributed by atoms with Crippen molar-refractivity contribution < 1.29 is 9.90 Å². The Labute approximate surface area is 157 Å². The summed E-state index contributed by atoms with van der Waals surface area (Å²) in [4.78, 5) is 17.2. The van der Waals surface area contributed by atoms with Gasteiger partial charge in [0.15, 0.2) is 0 Å². The van der Waals surface area contributed by atoms with E-state index in [4.69, 9.17) is 0 Å². The zero-order valence-electron chi connectivity index (χ0n) is 15.0. The summed E-state index contributed by atoms with van der Waals surface area (Å²) in [5.74, 6) is -0.201. The number of nitrogens with zero attached hydrogens (tertiary/aromatic N) is 1. The molecule has 1 fully saturated rings. The molecule has 0 bridgehead atoms. The maximum Gasteiger partial charge on any atom is 0.271 e. The van der Waals surface area contributed by atoms with Crippen molar-refractivity contribution in [1.82, 2.24) is 15.6 Å². The third kappa shape index (κ3) is 2.86. The lowest BCUT2D eigenvalue weighted by Gasteiger charge is -2.38. The molecule has 2 aromatic rings. The Kier molecular flexibility index (Phi) is 4.82. The van der Waals surface area contributed by atoms with Gasteiger partial charge in [-0.15, -0.1) is 11.3 Å². The largest absolute Gasteiger partial charge is 0.390 e. The molecule has 1 aromatic carbocycles. The summed E-state index contributed by atoms with van der Waals surface area (Å²) in [6.45, 7) is 3.88. The first kappa shape index (κ1) is 17.6. The monoisotopic (exact) mass is 371 g/mol. The summed E-state index contributed by atoms with van der Waals surface area (Å²) in [5, 5.41) is 20.4. The highest BCUT2D eigenvalue weighted by molar-refractivity contribution is 7.09. The molecule has 5 nitrogen and oxygen atoms in total. The Morgan fingerprint density at radius 1 is 1.38 bits per heavy atom. The van der Waals surface area contributed by atoms with E-state index in [1.807, 2.05) is 23.6 Å². The number of aliphatic hydroxyl groups is 1. The number of aromatic nitrogens is 1. The van der Waals surface area contributed by atoms with Crippen LogP contribution in [0.5, 0.6) is 0 Å². The Morgan fingerprint density at radius 2 is 2.15 bits per heavy atom. The minimum absolute atomic E-state index is 0.201. The minimum Gasteiger partial charge on any atom is -0.390 e. The molecule has 1 saturated heterocycles. The Balaban J connectivity index is 1.61. The summed E-state index contributed by atoms with van der Waals surface area (Å²) in [7, 11) is 0. The average Bonchev–Trinajstić information content (AvgIpc) is 3.22. The molecule has 4 rings (SSSR count). The zero-order chi connectivity index (χ0) is 18.1. The summed E-state index contributed by atoms with van der Waals surface area (Å²) in [5.41, 5.74) is 2.41. The molecule has 1 spiro atoms. The first-order chi connectivity index (χ1) is 12.7. The first-order valence-corrected chi connectivity index (χ1v) is 10.3. The van der Waals surface area contributed by atoms with Crippen LogP contribution in [-0.2, 0) is 11.8 Å². The molecule has 26 heavy (non-hydrogen) atoms. The van der Waals surface area contributed by atoms with Crippen molar-refractivity contribution in [3.05, 3.63) is 51.5 Å². The second kappa shape index (κ2) is 7.10. The average molecular weight is 372 g/mol. The van der Waals surface area contributed by atoms with E-state index < -0.39 is 6.10 Å². The smallest absolute Gasteiger partial charge is 0.271 e. The molecular weight excluding hydrogens is 346 g/mol. The van der Waals surface area contributed by atoms with Gasteiger partial charge in [-0.25, -0.2) is 4.98 Å². The predicted octanol–water partition coefficient (Wildman–Crippen LogP) is 2.56. The Morgan fingerprint density at radius 3 is 2.92 bits per heavy atom. The Bertz CT molecular complexity index is 798. The number of hydrogen-bond acceptors (Lipinski definition) is 5. The maximum atomic E-state index is 12.8. The first-order valence-electron chi connectivity index (χ1n) is 9.39. The number of benzene rings is 1. The third-order valence-corrected chi connectivity index (χ3v) is 6.65. The van der Waals surface area contributed by atoms with Gasteiger partial charge < -0.3 is 15.7 Å². The molecule has 0 unspecified atom stereocenters. The van der Waals surface area contributed by atoms with Crippen LogP contribution in [0.15, 0.2) is 29.6 Å². The SMILES string of the molecule is CCCc1nc(C(=O)N[C@@H]2c3ccccc3C3(CCNCC3)[C@H]2O)cs1. The van der Waals surface area contributed by atoms with E-state index in [0.717, 1.165) is 49.3 Å². The quantitative estimate of drug-likeness (QED) is 0.772. The van der Waals surface area contributed by atoms with Crippen LogP contribution in [-0.4, -0.2) is 35.2 Å². The number of piperidine rings is 1. The van der Waals surface area contributed by atoms with E-state index >= 15 is 0 Å². The van der Waals surface area contributed by atoms with Crippen LogP contribution < -0.4 is 10.6 Å². The summed E-state index contributed by atoms with van der Waals surface area (Å²) >= 11 is 1.53. The molecule has 1 aliphatic carbocycles. The van der Waals surface area contributed by atoms with Gasteiger partial charge in [0.25, 0.3) is 5.91 Å². The van der Waals surface area contributed by atoms with Gasteiger partial charge in [-0.3, -0.25) is 4.79 Å². The fourth-order valence-corrected chi connectivity index (χ4v) is 5.30. The van der Waals surface area contributed by atoms with Gasteiger partial charge in [-0.2, -0.15) is 0 Å². The molecule has 1 aromatic heterocycles. The fraction of sp³-hybridized carbons (Fsp3) is 0.500. The Hall–Kier alpha value is -1.76. The van der Waals surface area contributed by atoms with Gasteiger partial charge in [0.2, 0.25) is 0 Å². The van der Waals surface area contributed by atoms with Crippen molar-refractivity contribution in [3.8, 4) is 0 Å². The molecule has 1 amide bonds. The van der Waals surface area contributed by atoms with Crippen molar-refractivity contribution in [1.29, 1.82) is 0 Å². The highest BCUT2D eigenvalue weighted by Crippen LogP contribution is 2.50. The molecule has 2 heterocycles. The number of fused-ring (bicyclic) bond motifs is 2. The number of aliphatic hydroxyl groups excluding tert-OH is 1. The molecule has 3 N–H and O–H groups in total. The normalized spacial score (nSPS) is 23.8. The topological polar surface area (TPSA) is 74.2 Å². The maximum absolute atomic E-state index is 12.8. The van der Waals surface area contributed by atoms with Gasteiger partial charge in [0.05, 0.1) is 17.2 Å². The number of nitrogens with one attached hydrogen (secondary N) is 2. The van der Waals surface area contributed by atoms with Gasteiger partial charge in [-0.05, 0) is 49.9 Å². The summed E-state index contributed by atoms with van der Waals surface area (Å²) in [6.07, 6.45) is 3.06. The molecule has 0 radical (unpaired) electrons. The lowest BCUT2D eigenvalue weighted by atomic mass is 9.72. The van der Waals surface area contributed by atoms with Crippen LogP contribution in [0.25, 0.3) is 0 Å². The number of rotatable bonds is 4. The van der Waals surface area contributed by atoms with Gasteiger partial charge in [0, 0.05) is 10.8 Å². The number of carbonyl (C=O) groups excluding carboxylic acids is 1. The fourth-order valence-electron chi connectivity index (χ4n) is 4.42. The number of hydrogen-bond donors (Lipinski definition) is 3. The van der Waals surface area contributed by atoms with Crippen molar-refractivity contribution in [3.63, 3.8) is 0 Å². The molecule has 1 aliphatic heterocycles. The van der Waals surface area contributed by atoms with E-state index in [1.54, 1.807) is 0 Å². The van der Waals surface area contributed by atoms with Crippen LogP contribution in [0.4, 0.5) is 0 Å². The van der Waals surface area contributed by atoms with E-state index in [9.17, 15) is 9.90 Å². The van der Waals surface area contributed by atoms with Gasteiger partial charge in [-0.1, -0.05) is 31.2 Å². The van der Waals surface area contributed by atoms with Crippen molar-refractivity contribution >= 4 is 17.2 Å². The third-order valence-electron chi connectivity index (χ3n) is 5.74. The summed E-state index contributed by atoms with van der Waals surface area (Å²) in [6, 6.07) is 7.76. The van der Waals surface area contributed by atoms with Crippen LogP contribution in [0.3, 0.4) is 0 Å². The number of thiazole rings is 1. The van der Waals surface area contributed by atoms with E-state index in [0.29, 0.717) is 5.69 Å². The molecule has 2 atom stereocenters. The lowest BCUT2D eigenvalue weighted by molar-refractivity contribution is 0.0417. The standard InChI is InChI=1S/C20H25N3O2S/c1-2-5-16-22-15(12-26-16)19(25)23-17-13-6-3-4-7-14(13)20(18(17)24)8-10-21-11-9-20/h3-4,6-7,12,17-18,21,24H,2,5,8-11H2,1H3,(H,23,25)/t17-,18+/m1/s1. The van der Waals surface area contributed by atoms with E-state index in [1.165, 1.54) is 16.9 Å². The van der Waals surface area contributed by atoms with Gasteiger partial charge in [0.1, 0.15) is 5.69 Å². The van der Waals surface area contributed by atoms with Crippen molar-refractivity contribution in [2.75, 3.05) is 13.1 Å². The van der Waals surface area contributed by atoms with Gasteiger partial charge >= 0.3 is 0 Å². The van der Waals surface area contributed by atoms with Crippen molar-refractivity contribution in [2.45, 2.75) is 50.2 Å². The van der Waals surface area contributed by atoms with Crippen molar-refractivity contribution in [2.24, 2.45) is 0 Å². The highest BCUT2D eigenvalue weighted by Gasteiger charge is 2.52. The number of aryl methyl sites for hydroxylation is 1.